The first-order valence-corrected chi connectivity index (χ1v) is 8.38. The van der Waals surface area contributed by atoms with Crippen LogP contribution in [0.3, 0.4) is 0 Å². The van der Waals surface area contributed by atoms with Gasteiger partial charge in [0.2, 0.25) is 0 Å². The van der Waals surface area contributed by atoms with Crippen molar-refractivity contribution in [2.75, 3.05) is 25.4 Å². The number of carbonyl (C=O) groups excluding carboxylic acids is 1. The lowest BCUT2D eigenvalue weighted by Gasteiger charge is -2.37. The molecule has 0 bridgehead atoms. The number of halogens is 1. The number of amides is 1. The predicted molar refractivity (Wildman–Crippen MR) is 84.4 cm³/mol. The van der Waals surface area contributed by atoms with Crippen LogP contribution in [0.1, 0.15) is 23.2 Å². The van der Waals surface area contributed by atoms with Crippen LogP contribution in [0.15, 0.2) is 18.2 Å². The van der Waals surface area contributed by atoms with Gasteiger partial charge in [-0.3, -0.25) is 14.9 Å². The summed E-state index contributed by atoms with van der Waals surface area (Å²) < 4.78 is 5.79. The second-order valence-corrected chi connectivity index (χ2v) is 7.20. The lowest BCUT2D eigenvalue weighted by molar-refractivity contribution is -0.385. The van der Waals surface area contributed by atoms with Crippen molar-refractivity contribution < 1.29 is 14.5 Å². The van der Waals surface area contributed by atoms with Gasteiger partial charge in [-0.2, -0.15) is 0 Å². The van der Waals surface area contributed by atoms with Crippen LogP contribution in [0.2, 0.25) is 5.02 Å². The van der Waals surface area contributed by atoms with Crippen molar-refractivity contribution in [2.45, 2.75) is 17.8 Å². The molecule has 1 aromatic carbocycles. The normalized spacial score (nSPS) is 20.3. The molecule has 0 N–H and O–H groups in total. The second-order valence-electron chi connectivity index (χ2n) is 5.32. The third kappa shape index (κ3) is 2.93. The van der Waals surface area contributed by atoms with Crippen LogP contribution in [0.4, 0.5) is 5.69 Å². The number of carbonyl (C=O) groups is 1. The van der Waals surface area contributed by atoms with Gasteiger partial charge in [-0.25, -0.2) is 0 Å². The maximum absolute atomic E-state index is 12.6. The highest BCUT2D eigenvalue weighted by atomic mass is 35.5. The van der Waals surface area contributed by atoms with E-state index in [-0.39, 0.29) is 22.1 Å². The van der Waals surface area contributed by atoms with Gasteiger partial charge in [-0.1, -0.05) is 11.6 Å². The quantitative estimate of drug-likeness (QED) is 0.610. The van der Waals surface area contributed by atoms with Gasteiger partial charge < -0.3 is 9.64 Å². The summed E-state index contributed by atoms with van der Waals surface area (Å²) in [5.41, 5.74) is -0.158. The summed E-state index contributed by atoms with van der Waals surface area (Å²) in [5, 5.41) is 11.4. The number of piperidine rings is 1. The van der Waals surface area contributed by atoms with E-state index in [0.29, 0.717) is 18.1 Å². The number of rotatable bonds is 2. The highest BCUT2D eigenvalue weighted by Crippen LogP contribution is 2.41. The fourth-order valence-electron chi connectivity index (χ4n) is 2.85. The minimum absolute atomic E-state index is 0.0495. The number of hydrogen-bond acceptors (Lipinski definition) is 5. The van der Waals surface area contributed by atoms with Crippen LogP contribution in [-0.2, 0) is 4.74 Å². The van der Waals surface area contributed by atoms with Gasteiger partial charge in [0.05, 0.1) is 11.5 Å². The lowest BCUT2D eigenvalue weighted by atomic mass is 10.0. The number of nitrogens with zero attached hydrogens (tertiary/aromatic N) is 2. The monoisotopic (exact) mass is 342 g/mol. The Morgan fingerprint density at radius 3 is 2.73 bits per heavy atom. The van der Waals surface area contributed by atoms with Crippen LogP contribution >= 0.6 is 23.4 Å². The molecule has 2 aliphatic heterocycles. The Balaban J connectivity index is 1.77. The molecule has 0 aliphatic carbocycles. The van der Waals surface area contributed by atoms with Gasteiger partial charge in [-0.05, 0) is 12.1 Å². The van der Waals surface area contributed by atoms with Crippen molar-refractivity contribution in [3.63, 3.8) is 0 Å². The van der Waals surface area contributed by atoms with E-state index in [4.69, 9.17) is 16.3 Å². The topological polar surface area (TPSA) is 72.7 Å². The first-order chi connectivity index (χ1) is 10.5. The van der Waals surface area contributed by atoms with Gasteiger partial charge in [0, 0.05) is 42.8 Å². The zero-order valence-corrected chi connectivity index (χ0v) is 13.4. The van der Waals surface area contributed by atoms with E-state index >= 15 is 0 Å². The Bertz CT molecular complexity index is 609. The molecule has 2 heterocycles. The zero-order valence-electron chi connectivity index (χ0n) is 11.8. The van der Waals surface area contributed by atoms with E-state index in [1.807, 2.05) is 0 Å². The van der Waals surface area contributed by atoms with E-state index < -0.39 is 4.92 Å². The predicted octanol–water partition coefficient (Wildman–Crippen LogP) is 2.94. The third-order valence-electron chi connectivity index (χ3n) is 4.01. The van der Waals surface area contributed by atoms with Crippen LogP contribution in [0.5, 0.6) is 0 Å². The molecule has 0 unspecified atom stereocenters. The van der Waals surface area contributed by atoms with Crippen molar-refractivity contribution in [3.8, 4) is 0 Å². The van der Waals surface area contributed by atoms with Crippen LogP contribution in [0, 0.1) is 10.1 Å². The average molecular weight is 343 g/mol. The molecule has 0 saturated carbocycles. The highest BCUT2D eigenvalue weighted by molar-refractivity contribution is 8.00. The van der Waals surface area contributed by atoms with E-state index in [1.165, 1.54) is 18.2 Å². The van der Waals surface area contributed by atoms with Crippen molar-refractivity contribution in [1.29, 1.82) is 0 Å². The van der Waals surface area contributed by atoms with Crippen LogP contribution in [0.25, 0.3) is 0 Å². The largest absolute Gasteiger partial charge is 0.363 e. The van der Waals surface area contributed by atoms with Crippen LogP contribution < -0.4 is 0 Å². The molecule has 1 aromatic rings. The Hall–Kier alpha value is -1.31. The van der Waals surface area contributed by atoms with E-state index in [2.05, 4.69) is 0 Å². The Kier molecular flexibility index (Phi) is 4.29. The molecule has 6 nitrogen and oxygen atoms in total. The summed E-state index contributed by atoms with van der Waals surface area (Å²) in [5.74, 6) is 0.639. The lowest BCUT2D eigenvalue weighted by Crippen LogP contribution is -2.45. The molecular formula is C14H15ClN2O4S. The van der Waals surface area contributed by atoms with E-state index in [0.717, 1.165) is 25.2 Å². The second kappa shape index (κ2) is 6.06. The van der Waals surface area contributed by atoms with Crippen molar-refractivity contribution in [3.05, 3.63) is 38.9 Å². The third-order valence-corrected chi connectivity index (χ3v) is 5.67. The van der Waals surface area contributed by atoms with Gasteiger partial charge in [0.25, 0.3) is 11.6 Å². The molecule has 2 saturated heterocycles. The Labute approximate surface area is 136 Å². The number of hydrogen-bond donors (Lipinski definition) is 0. The number of likely N-dealkylation sites (tertiary alicyclic amines) is 1. The molecule has 2 aliphatic rings. The summed E-state index contributed by atoms with van der Waals surface area (Å²) in [6.45, 7) is 1.82. The zero-order chi connectivity index (χ0) is 15.7. The van der Waals surface area contributed by atoms with Gasteiger partial charge in [0.15, 0.2) is 0 Å². The molecule has 1 amide bonds. The van der Waals surface area contributed by atoms with E-state index in [1.54, 1.807) is 16.7 Å². The van der Waals surface area contributed by atoms with Gasteiger partial charge >= 0.3 is 0 Å². The molecule has 1 spiro atoms. The Morgan fingerprint density at radius 1 is 1.41 bits per heavy atom. The molecule has 8 heteroatoms. The molecule has 2 fully saturated rings. The fourth-order valence-corrected chi connectivity index (χ4v) is 4.19. The van der Waals surface area contributed by atoms with E-state index in [9.17, 15) is 14.9 Å². The summed E-state index contributed by atoms with van der Waals surface area (Å²) in [6, 6.07) is 4.06. The van der Waals surface area contributed by atoms with Crippen molar-refractivity contribution >= 4 is 35.0 Å². The molecule has 0 radical (unpaired) electrons. The number of benzene rings is 1. The average Bonchev–Trinajstić information content (AvgIpc) is 2.95. The summed E-state index contributed by atoms with van der Waals surface area (Å²) in [6.07, 6.45) is 1.50. The summed E-state index contributed by atoms with van der Waals surface area (Å²) in [4.78, 5) is 24.6. The Morgan fingerprint density at radius 2 is 2.14 bits per heavy atom. The van der Waals surface area contributed by atoms with Crippen molar-refractivity contribution in [1.82, 2.24) is 4.90 Å². The fraction of sp³-hybridized carbons (Fsp3) is 0.500. The SMILES string of the molecule is O=C(c1cc(Cl)ccc1[N+](=O)[O-])N1CCC2(CC1)OCCS2. The summed E-state index contributed by atoms with van der Waals surface area (Å²) >= 11 is 7.68. The smallest absolute Gasteiger partial charge is 0.282 e. The van der Waals surface area contributed by atoms with Gasteiger partial charge in [0.1, 0.15) is 10.5 Å². The molecule has 3 rings (SSSR count). The minimum atomic E-state index is -0.551. The first-order valence-electron chi connectivity index (χ1n) is 7.02. The standard InChI is InChI=1S/C14H15ClN2O4S/c15-10-1-2-12(17(19)20)11(9-10)13(18)16-5-3-14(4-6-16)21-7-8-22-14/h1-2,9H,3-8H2. The number of ether oxygens (including phenoxy) is 1. The molecular weight excluding hydrogens is 328 g/mol. The molecule has 0 atom stereocenters. The number of nitro groups is 1. The maximum atomic E-state index is 12.6. The van der Waals surface area contributed by atoms with Crippen LogP contribution in [-0.4, -0.2) is 46.1 Å². The molecule has 0 aromatic heterocycles. The number of thioether (sulfide) groups is 1. The molecule has 22 heavy (non-hydrogen) atoms. The maximum Gasteiger partial charge on any atom is 0.282 e. The van der Waals surface area contributed by atoms with Gasteiger partial charge in [-0.15, -0.1) is 11.8 Å². The minimum Gasteiger partial charge on any atom is -0.363 e. The van der Waals surface area contributed by atoms with Crippen molar-refractivity contribution in [2.24, 2.45) is 0 Å². The highest BCUT2D eigenvalue weighted by Gasteiger charge is 2.41. The number of nitro benzene ring substituents is 1. The summed E-state index contributed by atoms with van der Waals surface area (Å²) in [7, 11) is 0. The molecule has 118 valence electrons. The first kappa shape index (κ1) is 15.6.